The van der Waals surface area contributed by atoms with Gasteiger partial charge in [0.15, 0.2) is 0 Å². The van der Waals surface area contributed by atoms with Crippen molar-refractivity contribution in [3.63, 3.8) is 0 Å². The van der Waals surface area contributed by atoms with E-state index in [1.807, 2.05) is 56.3 Å². The van der Waals surface area contributed by atoms with Crippen LogP contribution < -0.4 is 15.5 Å². The SMILES string of the molecule is Cc1ccc(NC(=O)CC2C(=O)NCCN2C(=O)CN2CCN(c3cccc(Cl)c3)CC2)cc1C. The number of nitrogens with zero attached hydrogens (tertiary/aromatic N) is 3. The molecule has 2 saturated heterocycles. The van der Waals surface area contributed by atoms with Gasteiger partial charge in [-0.1, -0.05) is 23.7 Å². The molecular weight excluding hydrogens is 466 g/mol. The number of piperazine rings is 2. The van der Waals surface area contributed by atoms with Crippen molar-refractivity contribution < 1.29 is 14.4 Å². The van der Waals surface area contributed by atoms with E-state index in [1.165, 1.54) is 0 Å². The Labute approximate surface area is 211 Å². The number of rotatable bonds is 6. The minimum absolute atomic E-state index is 0.0763. The fourth-order valence-electron chi connectivity index (χ4n) is 4.54. The highest BCUT2D eigenvalue weighted by molar-refractivity contribution is 6.30. The summed E-state index contributed by atoms with van der Waals surface area (Å²) >= 11 is 6.12. The summed E-state index contributed by atoms with van der Waals surface area (Å²) in [4.78, 5) is 44.4. The van der Waals surface area contributed by atoms with E-state index < -0.39 is 6.04 Å². The van der Waals surface area contributed by atoms with E-state index in [0.29, 0.717) is 23.8 Å². The van der Waals surface area contributed by atoms with Crippen LogP contribution in [-0.2, 0) is 14.4 Å². The van der Waals surface area contributed by atoms with Crippen molar-refractivity contribution in [2.24, 2.45) is 0 Å². The number of halogens is 1. The van der Waals surface area contributed by atoms with E-state index in [9.17, 15) is 14.4 Å². The first kappa shape index (κ1) is 25.0. The first-order chi connectivity index (χ1) is 16.8. The van der Waals surface area contributed by atoms with E-state index in [1.54, 1.807) is 4.90 Å². The number of hydrogen-bond acceptors (Lipinski definition) is 5. The largest absolute Gasteiger partial charge is 0.369 e. The molecule has 1 unspecified atom stereocenters. The third-order valence-electron chi connectivity index (χ3n) is 6.73. The average molecular weight is 498 g/mol. The second-order valence-corrected chi connectivity index (χ2v) is 9.62. The summed E-state index contributed by atoms with van der Waals surface area (Å²) in [5.74, 6) is -0.700. The van der Waals surface area contributed by atoms with Gasteiger partial charge in [-0.2, -0.15) is 0 Å². The van der Waals surface area contributed by atoms with Crippen LogP contribution in [0.5, 0.6) is 0 Å². The Morgan fingerprint density at radius 2 is 1.80 bits per heavy atom. The molecule has 2 fully saturated rings. The van der Waals surface area contributed by atoms with Crippen molar-refractivity contribution in [1.82, 2.24) is 15.1 Å². The van der Waals surface area contributed by atoms with Crippen LogP contribution in [0.25, 0.3) is 0 Å². The molecule has 2 aliphatic rings. The number of nitrogens with one attached hydrogen (secondary N) is 2. The highest BCUT2D eigenvalue weighted by Crippen LogP contribution is 2.21. The predicted molar refractivity (Wildman–Crippen MR) is 138 cm³/mol. The van der Waals surface area contributed by atoms with Gasteiger partial charge in [0.05, 0.1) is 13.0 Å². The van der Waals surface area contributed by atoms with Gasteiger partial charge >= 0.3 is 0 Å². The molecule has 0 spiro atoms. The molecule has 35 heavy (non-hydrogen) atoms. The van der Waals surface area contributed by atoms with Crippen LogP contribution in [0.3, 0.4) is 0 Å². The van der Waals surface area contributed by atoms with Crippen molar-refractivity contribution in [2.75, 3.05) is 56.0 Å². The highest BCUT2D eigenvalue weighted by Gasteiger charge is 2.35. The zero-order chi connectivity index (χ0) is 24.9. The second-order valence-electron chi connectivity index (χ2n) is 9.19. The van der Waals surface area contributed by atoms with Crippen molar-refractivity contribution in [2.45, 2.75) is 26.3 Å². The van der Waals surface area contributed by atoms with E-state index in [0.717, 1.165) is 43.0 Å². The molecule has 2 aliphatic heterocycles. The lowest BCUT2D eigenvalue weighted by molar-refractivity contribution is -0.145. The summed E-state index contributed by atoms with van der Waals surface area (Å²) < 4.78 is 0. The van der Waals surface area contributed by atoms with Gasteiger partial charge in [0.2, 0.25) is 17.7 Å². The summed E-state index contributed by atoms with van der Waals surface area (Å²) in [6.45, 7) is 8.05. The van der Waals surface area contributed by atoms with Gasteiger partial charge in [0.1, 0.15) is 6.04 Å². The summed E-state index contributed by atoms with van der Waals surface area (Å²) in [5.41, 5.74) is 3.97. The maximum atomic E-state index is 13.2. The molecule has 1 atom stereocenters. The molecule has 0 aliphatic carbocycles. The number of carbonyl (C=O) groups is 3. The highest BCUT2D eigenvalue weighted by atomic mass is 35.5. The molecular formula is C26H32ClN5O3. The van der Waals surface area contributed by atoms with Crippen LogP contribution >= 0.6 is 11.6 Å². The topological polar surface area (TPSA) is 85.0 Å². The van der Waals surface area contributed by atoms with Crippen molar-refractivity contribution in [3.8, 4) is 0 Å². The van der Waals surface area contributed by atoms with E-state index in [-0.39, 0.29) is 30.7 Å². The molecule has 2 N–H and O–H groups in total. The van der Waals surface area contributed by atoms with Crippen LogP contribution in [0.1, 0.15) is 17.5 Å². The molecule has 9 heteroatoms. The van der Waals surface area contributed by atoms with Crippen LogP contribution in [0.4, 0.5) is 11.4 Å². The molecule has 8 nitrogen and oxygen atoms in total. The molecule has 4 rings (SSSR count). The first-order valence-electron chi connectivity index (χ1n) is 12.0. The Balaban J connectivity index is 1.33. The van der Waals surface area contributed by atoms with Crippen LogP contribution in [0, 0.1) is 13.8 Å². The molecule has 2 aromatic carbocycles. The molecule has 186 valence electrons. The Kier molecular flexibility index (Phi) is 7.93. The van der Waals surface area contributed by atoms with Gasteiger partial charge in [-0.3, -0.25) is 19.3 Å². The van der Waals surface area contributed by atoms with Gasteiger partial charge in [0.25, 0.3) is 0 Å². The van der Waals surface area contributed by atoms with Crippen LogP contribution in [0.15, 0.2) is 42.5 Å². The minimum atomic E-state index is -0.810. The summed E-state index contributed by atoms with van der Waals surface area (Å²) in [7, 11) is 0. The number of benzene rings is 2. The van der Waals surface area contributed by atoms with E-state index in [4.69, 9.17) is 11.6 Å². The number of carbonyl (C=O) groups excluding carboxylic acids is 3. The minimum Gasteiger partial charge on any atom is -0.369 e. The van der Waals surface area contributed by atoms with E-state index >= 15 is 0 Å². The van der Waals surface area contributed by atoms with Gasteiger partial charge < -0.3 is 20.4 Å². The monoisotopic (exact) mass is 497 g/mol. The van der Waals surface area contributed by atoms with Gasteiger partial charge in [-0.25, -0.2) is 0 Å². The number of aryl methyl sites for hydroxylation is 2. The van der Waals surface area contributed by atoms with Crippen molar-refractivity contribution in [1.29, 1.82) is 0 Å². The van der Waals surface area contributed by atoms with Crippen LogP contribution in [-0.4, -0.2) is 79.4 Å². The second kappa shape index (κ2) is 11.1. The molecule has 2 aromatic rings. The Bertz CT molecular complexity index is 1100. The standard InChI is InChI=1S/C26H32ClN5O3/c1-18-6-7-21(14-19(18)2)29-24(33)16-23-26(35)28-8-9-32(23)25(34)17-30-10-12-31(13-11-30)22-5-3-4-20(27)15-22/h3-7,14-15,23H,8-13,16-17H2,1-2H3,(H,28,35)(H,29,33). The number of amides is 3. The molecule has 0 saturated carbocycles. The third kappa shape index (κ3) is 6.32. The van der Waals surface area contributed by atoms with Crippen molar-refractivity contribution >= 4 is 40.7 Å². The zero-order valence-electron chi connectivity index (χ0n) is 20.2. The average Bonchev–Trinajstić information content (AvgIpc) is 2.83. The molecule has 0 aromatic heterocycles. The molecule has 3 amide bonds. The quantitative estimate of drug-likeness (QED) is 0.640. The first-order valence-corrected chi connectivity index (χ1v) is 12.3. The summed E-state index contributed by atoms with van der Waals surface area (Å²) in [6, 6.07) is 12.6. The Hall–Kier alpha value is -3.10. The Morgan fingerprint density at radius 3 is 2.51 bits per heavy atom. The van der Waals surface area contributed by atoms with E-state index in [2.05, 4.69) is 20.4 Å². The lowest BCUT2D eigenvalue weighted by Crippen LogP contribution is -2.60. The number of hydrogen-bond donors (Lipinski definition) is 2. The van der Waals surface area contributed by atoms with Gasteiger partial charge in [-0.05, 0) is 55.3 Å². The lowest BCUT2D eigenvalue weighted by Gasteiger charge is -2.39. The molecule has 0 bridgehead atoms. The summed E-state index contributed by atoms with van der Waals surface area (Å²) in [6.07, 6.45) is -0.0763. The van der Waals surface area contributed by atoms with Gasteiger partial charge in [-0.15, -0.1) is 0 Å². The normalized spacial score (nSPS) is 18.8. The smallest absolute Gasteiger partial charge is 0.243 e. The zero-order valence-corrected chi connectivity index (χ0v) is 21.0. The lowest BCUT2D eigenvalue weighted by atomic mass is 10.1. The maximum Gasteiger partial charge on any atom is 0.243 e. The maximum absolute atomic E-state index is 13.2. The third-order valence-corrected chi connectivity index (χ3v) is 6.96. The number of anilines is 2. The fraction of sp³-hybridized carbons (Fsp3) is 0.423. The summed E-state index contributed by atoms with van der Waals surface area (Å²) in [5, 5.41) is 6.36. The van der Waals surface area contributed by atoms with Crippen LogP contribution in [0.2, 0.25) is 5.02 Å². The molecule has 0 radical (unpaired) electrons. The van der Waals surface area contributed by atoms with Gasteiger partial charge in [0, 0.05) is 55.7 Å². The predicted octanol–water partition coefficient (Wildman–Crippen LogP) is 2.43. The Morgan fingerprint density at radius 1 is 1.03 bits per heavy atom. The van der Waals surface area contributed by atoms with Crippen molar-refractivity contribution in [3.05, 3.63) is 58.6 Å². The fourth-order valence-corrected chi connectivity index (χ4v) is 4.73. The molecule has 2 heterocycles.